The van der Waals surface area contributed by atoms with Crippen molar-refractivity contribution in [1.29, 1.82) is 0 Å². The summed E-state index contributed by atoms with van der Waals surface area (Å²) in [7, 11) is -3.51. The Balaban J connectivity index is 1.50. The van der Waals surface area contributed by atoms with E-state index in [-0.39, 0.29) is 5.91 Å². The molecule has 0 saturated carbocycles. The van der Waals surface area contributed by atoms with E-state index in [0.717, 1.165) is 42.1 Å². The van der Waals surface area contributed by atoms with Crippen LogP contribution in [0.5, 0.6) is 0 Å². The lowest BCUT2D eigenvalue weighted by molar-refractivity contribution is -0.123. The Morgan fingerprint density at radius 1 is 1.03 bits per heavy atom. The summed E-state index contributed by atoms with van der Waals surface area (Å²) < 4.78 is 29.7. The SMILES string of the molecule is CC(C(=O)NCc1ccc(Cl)cc1)n1ccc2cc(S(=O)(=O)N3CCCCCC3)ccc21. The molecular weight excluding hydrogens is 446 g/mol. The molecule has 1 atom stereocenters. The second kappa shape index (κ2) is 9.65. The van der Waals surface area contributed by atoms with Crippen LogP contribution in [-0.2, 0) is 21.4 Å². The zero-order valence-electron chi connectivity index (χ0n) is 18.1. The summed E-state index contributed by atoms with van der Waals surface area (Å²) in [6.07, 6.45) is 5.79. The van der Waals surface area contributed by atoms with Gasteiger partial charge >= 0.3 is 0 Å². The first-order valence-corrected chi connectivity index (χ1v) is 12.8. The molecule has 0 radical (unpaired) electrons. The summed E-state index contributed by atoms with van der Waals surface area (Å²) >= 11 is 5.91. The number of fused-ring (bicyclic) bond motifs is 1. The van der Waals surface area contributed by atoms with Gasteiger partial charge in [-0.25, -0.2) is 8.42 Å². The van der Waals surface area contributed by atoms with E-state index in [4.69, 9.17) is 11.6 Å². The van der Waals surface area contributed by atoms with E-state index < -0.39 is 16.1 Å². The Morgan fingerprint density at radius 2 is 1.72 bits per heavy atom. The van der Waals surface area contributed by atoms with Gasteiger partial charge in [-0.15, -0.1) is 0 Å². The number of nitrogens with zero attached hydrogens (tertiary/aromatic N) is 2. The molecule has 0 aliphatic carbocycles. The third-order valence-corrected chi connectivity index (χ3v) is 8.22. The first-order valence-electron chi connectivity index (χ1n) is 11.0. The molecule has 6 nitrogen and oxygen atoms in total. The maximum atomic E-state index is 13.1. The van der Waals surface area contributed by atoms with Crippen molar-refractivity contribution in [2.45, 2.75) is 50.1 Å². The molecule has 2 heterocycles. The molecule has 4 rings (SSSR count). The number of amides is 1. The van der Waals surface area contributed by atoms with Gasteiger partial charge < -0.3 is 9.88 Å². The Morgan fingerprint density at radius 3 is 2.41 bits per heavy atom. The number of nitrogens with one attached hydrogen (secondary N) is 1. The van der Waals surface area contributed by atoms with Crippen molar-refractivity contribution >= 4 is 38.4 Å². The number of aromatic nitrogens is 1. The molecule has 1 saturated heterocycles. The van der Waals surface area contributed by atoms with Crippen molar-refractivity contribution in [3.05, 3.63) is 65.3 Å². The number of sulfonamides is 1. The molecule has 32 heavy (non-hydrogen) atoms. The topological polar surface area (TPSA) is 71.4 Å². The zero-order chi connectivity index (χ0) is 22.7. The fourth-order valence-corrected chi connectivity index (χ4v) is 5.82. The number of hydrogen-bond acceptors (Lipinski definition) is 3. The molecule has 1 amide bonds. The van der Waals surface area contributed by atoms with Crippen molar-refractivity contribution in [2.75, 3.05) is 13.1 Å². The molecule has 1 aliphatic heterocycles. The number of carbonyl (C=O) groups is 1. The summed E-state index contributed by atoms with van der Waals surface area (Å²) in [4.78, 5) is 13.0. The molecule has 1 aromatic heterocycles. The molecular formula is C24H28ClN3O3S. The maximum Gasteiger partial charge on any atom is 0.243 e. The van der Waals surface area contributed by atoms with Crippen LogP contribution in [0.4, 0.5) is 0 Å². The highest BCUT2D eigenvalue weighted by molar-refractivity contribution is 7.89. The summed E-state index contributed by atoms with van der Waals surface area (Å²) in [6, 6.07) is 13.9. The minimum Gasteiger partial charge on any atom is -0.350 e. The van der Waals surface area contributed by atoms with Crippen LogP contribution in [0.3, 0.4) is 0 Å². The molecule has 1 N–H and O–H groups in total. The van der Waals surface area contributed by atoms with Gasteiger partial charge in [-0.2, -0.15) is 4.31 Å². The van der Waals surface area contributed by atoms with Crippen LogP contribution < -0.4 is 5.32 Å². The lowest BCUT2D eigenvalue weighted by atomic mass is 10.2. The summed E-state index contributed by atoms with van der Waals surface area (Å²) in [5.41, 5.74) is 1.80. The third kappa shape index (κ3) is 4.85. The number of halogens is 1. The molecule has 3 aromatic rings. The smallest absolute Gasteiger partial charge is 0.243 e. The lowest BCUT2D eigenvalue weighted by Crippen LogP contribution is -2.32. The average molecular weight is 474 g/mol. The molecule has 1 fully saturated rings. The van der Waals surface area contributed by atoms with E-state index in [1.807, 2.05) is 35.9 Å². The van der Waals surface area contributed by atoms with Gasteiger partial charge in [-0.3, -0.25) is 4.79 Å². The van der Waals surface area contributed by atoms with Crippen LogP contribution in [0.15, 0.2) is 59.6 Å². The van der Waals surface area contributed by atoms with Gasteiger partial charge in [-0.1, -0.05) is 36.6 Å². The fourth-order valence-electron chi connectivity index (χ4n) is 4.14. The van der Waals surface area contributed by atoms with Crippen molar-refractivity contribution in [2.24, 2.45) is 0 Å². The molecule has 170 valence electrons. The number of rotatable bonds is 6. The number of carbonyl (C=O) groups excluding carboxylic acids is 1. The Hall–Kier alpha value is -2.35. The van der Waals surface area contributed by atoms with Gasteiger partial charge in [0, 0.05) is 41.8 Å². The first-order chi connectivity index (χ1) is 15.4. The van der Waals surface area contributed by atoms with Gasteiger partial charge in [0.15, 0.2) is 0 Å². The van der Waals surface area contributed by atoms with Crippen LogP contribution in [0.25, 0.3) is 10.9 Å². The Labute approximate surface area is 194 Å². The van der Waals surface area contributed by atoms with Crippen molar-refractivity contribution < 1.29 is 13.2 Å². The molecule has 2 aromatic carbocycles. The average Bonchev–Trinajstić information content (AvgIpc) is 3.01. The standard InChI is InChI=1S/C24H28ClN3O3S/c1-18(24(29)26-17-19-6-8-21(25)9-7-19)28-15-12-20-16-22(10-11-23(20)28)32(30,31)27-13-4-2-3-5-14-27/h6-12,15-16,18H,2-5,13-14,17H2,1H3,(H,26,29). The molecule has 0 bridgehead atoms. The highest BCUT2D eigenvalue weighted by atomic mass is 35.5. The van der Waals surface area contributed by atoms with Crippen molar-refractivity contribution in [1.82, 2.24) is 14.2 Å². The predicted octanol–water partition coefficient (Wildman–Crippen LogP) is 4.74. The molecule has 8 heteroatoms. The minimum atomic E-state index is -3.51. The van der Waals surface area contributed by atoms with E-state index in [1.54, 1.807) is 34.6 Å². The van der Waals surface area contributed by atoms with Gasteiger partial charge in [0.05, 0.1) is 4.90 Å². The number of benzene rings is 2. The Bertz CT molecular complexity index is 1200. The third-order valence-electron chi connectivity index (χ3n) is 6.07. The summed E-state index contributed by atoms with van der Waals surface area (Å²) in [6.45, 7) is 3.40. The van der Waals surface area contributed by atoms with Crippen LogP contribution >= 0.6 is 11.6 Å². The summed E-state index contributed by atoms with van der Waals surface area (Å²) in [5.74, 6) is -0.112. The van der Waals surface area contributed by atoms with Gasteiger partial charge in [0.1, 0.15) is 6.04 Å². The predicted molar refractivity (Wildman–Crippen MR) is 127 cm³/mol. The second-order valence-corrected chi connectivity index (χ2v) is 10.7. The van der Waals surface area contributed by atoms with Crippen LogP contribution in [0.1, 0.15) is 44.2 Å². The van der Waals surface area contributed by atoms with Crippen molar-refractivity contribution in [3.63, 3.8) is 0 Å². The summed E-state index contributed by atoms with van der Waals surface area (Å²) in [5, 5.41) is 4.41. The van der Waals surface area contributed by atoms with E-state index in [2.05, 4.69) is 5.32 Å². The van der Waals surface area contributed by atoms with Gasteiger partial charge in [0.25, 0.3) is 0 Å². The van der Waals surface area contributed by atoms with Gasteiger partial charge in [0.2, 0.25) is 15.9 Å². The van der Waals surface area contributed by atoms with E-state index in [9.17, 15) is 13.2 Å². The minimum absolute atomic E-state index is 0.112. The molecule has 1 aliphatic rings. The van der Waals surface area contributed by atoms with Crippen LogP contribution in [0.2, 0.25) is 5.02 Å². The van der Waals surface area contributed by atoms with Crippen LogP contribution in [0, 0.1) is 0 Å². The van der Waals surface area contributed by atoms with E-state index in [0.29, 0.717) is 29.6 Å². The van der Waals surface area contributed by atoms with Crippen LogP contribution in [-0.4, -0.2) is 36.3 Å². The normalized spacial score (nSPS) is 16.6. The van der Waals surface area contributed by atoms with Gasteiger partial charge in [-0.05, 0) is 61.7 Å². The van der Waals surface area contributed by atoms with Crippen molar-refractivity contribution in [3.8, 4) is 0 Å². The lowest BCUT2D eigenvalue weighted by Gasteiger charge is -2.20. The fraction of sp³-hybridized carbons (Fsp3) is 0.375. The highest BCUT2D eigenvalue weighted by Crippen LogP contribution is 2.26. The number of hydrogen-bond donors (Lipinski definition) is 1. The maximum absolute atomic E-state index is 13.1. The molecule has 0 spiro atoms. The quantitative estimate of drug-likeness (QED) is 0.562. The zero-order valence-corrected chi connectivity index (χ0v) is 19.7. The second-order valence-electron chi connectivity index (χ2n) is 8.28. The first kappa shape index (κ1) is 22.8. The largest absolute Gasteiger partial charge is 0.350 e. The van der Waals surface area contributed by atoms with E-state index in [1.165, 1.54) is 0 Å². The highest BCUT2D eigenvalue weighted by Gasteiger charge is 2.26. The Kier molecular flexibility index (Phi) is 6.88. The van der Waals surface area contributed by atoms with E-state index >= 15 is 0 Å². The molecule has 1 unspecified atom stereocenters. The monoisotopic (exact) mass is 473 g/mol.